The number of fused-ring (bicyclic) bond motifs is 1. The summed E-state index contributed by atoms with van der Waals surface area (Å²) in [5, 5.41) is 6.05. The van der Waals surface area contributed by atoms with Crippen molar-refractivity contribution in [1.29, 1.82) is 0 Å². The van der Waals surface area contributed by atoms with Crippen LogP contribution in [-0.4, -0.2) is 42.3 Å². The molecule has 0 radical (unpaired) electrons. The maximum Gasteiger partial charge on any atom is 0.405 e. The molecule has 1 N–H and O–H groups in total. The minimum absolute atomic E-state index is 0.00866. The summed E-state index contributed by atoms with van der Waals surface area (Å²) in [5.41, 5.74) is 6.19. The van der Waals surface area contributed by atoms with Crippen molar-refractivity contribution in [1.82, 2.24) is 15.4 Å². The topological polar surface area (TPSA) is 76.8 Å². The van der Waals surface area contributed by atoms with Crippen molar-refractivity contribution in [2.75, 3.05) is 20.1 Å². The third-order valence-electron chi connectivity index (χ3n) is 8.51. The molecule has 0 saturated heterocycles. The normalized spacial score (nSPS) is 13.3. The van der Waals surface area contributed by atoms with Crippen LogP contribution < -0.4 is 14.8 Å². The third kappa shape index (κ3) is 8.14. The smallest absolute Gasteiger partial charge is 0.405 e. The Balaban J connectivity index is 1.49. The van der Waals surface area contributed by atoms with Gasteiger partial charge in [-0.2, -0.15) is 13.2 Å². The molecule has 7 nitrogen and oxygen atoms in total. The summed E-state index contributed by atoms with van der Waals surface area (Å²) in [6, 6.07) is 29.0. The molecule has 0 bridgehead atoms. The number of nitrogens with one attached hydrogen (secondary N) is 1. The summed E-state index contributed by atoms with van der Waals surface area (Å²) in [6.07, 6.45) is -3.81. The number of aromatic nitrogens is 1. The standard InChI is InChI=1S/C39H38F3N3O4/c1-25(2)31-19-32(34(48-23-27-12-8-5-9-13-27)20-33(31)47-22-26-10-6-4-7-11-26)37-35(36(44-49-37)38(46)43-24-39(40,41)42)29-14-15-30-21-45(3)17-16-28(30)18-29/h4-15,18-20,25H,16-17,21-24H2,1-3H3,(H,43,46). The molecular formula is C39H38F3N3O4. The average molecular weight is 670 g/mol. The lowest BCUT2D eigenvalue weighted by Gasteiger charge is -2.25. The zero-order valence-electron chi connectivity index (χ0n) is 27.6. The monoisotopic (exact) mass is 669 g/mol. The number of nitrogens with zero attached hydrogens (tertiary/aromatic N) is 2. The molecule has 1 aliphatic heterocycles. The lowest BCUT2D eigenvalue weighted by molar-refractivity contribution is -0.123. The first-order valence-electron chi connectivity index (χ1n) is 16.2. The average Bonchev–Trinajstić information content (AvgIpc) is 3.54. The van der Waals surface area contributed by atoms with Crippen molar-refractivity contribution in [2.45, 2.75) is 52.1 Å². The van der Waals surface area contributed by atoms with E-state index in [1.165, 1.54) is 0 Å². The highest BCUT2D eigenvalue weighted by molar-refractivity contribution is 6.02. The fraction of sp³-hybridized carbons (Fsp3) is 0.282. The summed E-state index contributed by atoms with van der Waals surface area (Å²) in [4.78, 5) is 15.5. The first-order chi connectivity index (χ1) is 23.6. The second kappa shape index (κ2) is 14.6. The van der Waals surface area contributed by atoms with Gasteiger partial charge in [0.1, 0.15) is 31.3 Å². The molecule has 254 valence electrons. The highest BCUT2D eigenvalue weighted by Crippen LogP contribution is 2.45. The maximum absolute atomic E-state index is 13.3. The Bertz CT molecular complexity index is 1910. The third-order valence-corrected chi connectivity index (χ3v) is 8.51. The van der Waals surface area contributed by atoms with Crippen molar-refractivity contribution in [3.05, 3.63) is 125 Å². The number of carbonyl (C=O) groups is 1. The fourth-order valence-corrected chi connectivity index (χ4v) is 5.93. The first-order valence-corrected chi connectivity index (χ1v) is 16.2. The Labute approximate surface area is 283 Å². The van der Waals surface area contributed by atoms with E-state index < -0.39 is 18.6 Å². The largest absolute Gasteiger partial charge is 0.488 e. The van der Waals surface area contributed by atoms with Crippen LogP contribution in [0.15, 0.2) is 95.5 Å². The number of hydrogen-bond acceptors (Lipinski definition) is 6. The molecular weight excluding hydrogens is 631 g/mol. The van der Waals surface area contributed by atoms with Gasteiger partial charge in [0.25, 0.3) is 5.91 Å². The van der Waals surface area contributed by atoms with Crippen LogP contribution in [0.2, 0.25) is 0 Å². The zero-order chi connectivity index (χ0) is 34.5. The van der Waals surface area contributed by atoms with Crippen molar-refractivity contribution in [3.63, 3.8) is 0 Å². The number of benzene rings is 4. The van der Waals surface area contributed by atoms with Gasteiger partial charge in [0.2, 0.25) is 0 Å². The van der Waals surface area contributed by atoms with Crippen LogP contribution in [0.5, 0.6) is 11.5 Å². The fourth-order valence-electron chi connectivity index (χ4n) is 5.93. The van der Waals surface area contributed by atoms with E-state index in [4.69, 9.17) is 14.0 Å². The van der Waals surface area contributed by atoms with Crippen LogP contribution in [0.4, 0.5) is 13.2 Å². The van der Waals surface area contributed by atoms with Crippen LogP contribution in [0.3, 0.4) is 0 Å². The molecule has 0 saturated carbocycles. The molecule has 6 rings (SSSR count). The summed E-state index contributed by atoms with van der Waals surface area (Å²) in [7, 11) is 2.05. The van der Waals surface area contributed by atoms with Gasteiger partial charge in [-0.05, 0) is 58.8 Å². The van der Waals surface area contributed by atoms with E-state index in [9.17, 15) is 18.0 Å². The van der Waals surface area contributed by atoms with Gasteiger partial charge >= 0.3 is 6.18 Å². The Morgan fingerprint density at radius 1 is 0.898 bits per heavy atom. The zero-order valence-corrected chi connectivity index (χ0v) is 27.6. The van der Waals surface area contributed by atoms with Crippen molar-refractivity contribution in [2.24, 2.45) is 0 Å². The lowest BCUT2D eigenvalue weighted by atomic mass is 9.91. The van der Waals surface area contributed by atoms with E-state index in [0.717, 1.165) is 47.3 Å². The van der Waals surface area contributed by atoms with Crippen molar-refractivity contribution in [3.8, 4) is 33.9 Å². The number of ether oxygens (including phenoxy) is 2. The molecule has 0 atom stereocenters. The molecule has 4 aromatic carbocycles. The van der Waals surface area contributed by atoms with E-state index in [1.807, 2.05) is 110 Å². The minimum Gasteiger partial charge on any atom is -0.488 e. The highest BCUT2D eigenvalue weighted by atomic mass is 19.4. The molecule has 1 aliphatic rings. The van der Waals surface area contributed by atoms with Gasteiger partial charge in [-0.15, -0.1) is 0 Å². The Morgan fingerprint density at radius 3 is 2.18 bits per heavy atom. The SMILES string of the molecule is CC(C)c1cc(-c2onc(C(=O)NCC(F)(F)F)c2-c2ccc3c(c2)CCN(C)C3)c(OCc2ccccc2)cc1OCc1ccccc1. The van der Waals surface area contributed by atoms with Crippen molar-refractivity contribution >= 4 is 5.91 Å². The van der Waals surface area contributed by atoms with Crippen LogP contribution in [0, 0.1) is 0 Å². The van der Waals surface area contributed by atoms with Gasteiger partial charge in [0.15, 0.2) is 11.5 Å². The van der Waals surface area contributed by atoms with E-state index in [1.54, 1.807) is 0 Å². The van der Waals surface area contributed by atoms with Crippen molar-refractivity contribution < 1.29 is 32.0 Å². The lowest BCUT2D eigenvalue weighted by Crippen LogP contribution is -2.34. The molecule has 0 aliphatic carbocycles. The number of halogens is 3. The predicted octanol–water partition coefficient (Wildman–Crippen LogP) is 8.57. The summed E-state index contributed by atoms with van der Waals surface area (Å²) in [6.45, 7) is 4.76. The Kier molecular flexibility index (Phi) is 10.1. The second-order valence-electron chi connectivity index (χ2n) is 12.6. The number of alkyl halides is 3. The Hall–Kier alpha value is -5.09. The van der Waals surface area contributed by atoms with Gasteiger partial charge in [-0.3, -0.25) is 4.79 Å². The van der Waals surface area contributed by atoms with Crippen LogP contribution in [0.1, 0.15) is 58.1 Å². The van der Waals surface area contributed by atoms with Gasteiger partial charge in [0.05, 0.1) is 11.1 Å². The number of hydrogen-bond donors (Lipinski definition) is 1. The Morgan fingerprint density at radius 2 is 1.55 bits per heavy atom. The van der Waals surface area contributed by atoms with Gasteiger partial charge in [-0.25, -0.2) is 0 Å². The molecule has 1 aromatic heterocycles. The van der Waals surface area contributed by atoms with Crippen LogP contribution in [0.25, 0.3) is 22.5 Å². The highest BCUT2D eigenvalue weighted by Gasteiger charge is 2.32. The molecule has 0 unspecified atom stereocenters. The molecule has 5 aromatic rings. The quantitative estimate of drug-likeness (QED) is 0.152. The van der Waals surface area contributed by atoms with E-state index in [2.05, 4.69) is 17.1 Å². The molecule has 10 heteroatoms. The first kappa shape index (κ1) is 33.8. The number of carbonyl (C=O) groups excluding carboxylic acids is 1. The molecule has 0 fully saturated rings. The van der Waals surface area contributed by atoms with Gasteiger partial charge in [0, 0.05) is 19.2 Å². The molecule has 49 heavy (non-hydrogen) atoms. The molecule has 2 heterocycles. The van der Waals surface area contributed by atoms with Gasteiger partial charge in [-0.1, -0.05) is 97.9 Å². The number of rotatable bonds is 11. The van der Waals surface area contributed by atoms with E-state index in [0.29, 0.717) is 34.8 Å². The molecule has 0 spiro atoms. The summed E-state index contributed by atoms with van der Waals surface area (Å²) in [5.74, 6) is 0.265. The van der Waals surface area contributed by atoms with Gasteiger partial charge < -0.3 is 24.2 Å². The number of likely N-dealkylation sites (N-methyl/N-ethyl adjacent to an activating group) is 1. The summed E-state index contributed by atoms with van der Waals surface area (Å²) < 4.78 is 58.2. The predicted molar refractivity (Wildman–Crippen MR) is 181 cm³/mol. The summed E-state index contributed by atoms with van der Waals surface area (Å²) >= 11 is 0. The second-order valence-corrected chi connectivity index (χ2v) is 12.6. The van der Waals surface area contributed by atoms with E-state index >= 15 is 0 Å². The molecule has 1 amide bonds. The minimum atomic E-state index is -4.60. The van der Waals surface area contributed by atoms with Crippen LogP contribution in [-0.2, 0) is 26.2 Å². The van der Waals surface area contributed by atoms with Crippen LogP contribution >= 0.6 is 0 Å². The van der Waals surface area contributed by atoms with E-state index in [-0.39, 0.29) is 24.0 Å². The number of amides is 1. The maximum atomic E-state index is 13.3.